The Kier molecular flexibility index (Phi) is 7.65. The number of carboxylic acids is 1. The Labute approximate surface area is 171 Å². The fourth-order valence-electron chi connectivity index (χ4n) is 3.74. The van der Waals surface area contributed by atoms with Crippen molar-refractivity contribution >= 4 is 27.3 Å². The summed E-state index contributed by atoms with van der Waals surface area (Å²) in [5.74, 6) is -2.51. The van der Waals surface area contributed by atoms with Gasteiger partial charge in [0.1, 0.15) is 0 Å². The number of rotatable bonds is 4. The molecule has 0 aromatic carbocycles. The number of ether oxygens (including phenoxy) is 1. The minimum atomic E-state index is -5.08. The molecule has 1 N–H and O–H groups in total. The van der Waals surface area contributed by atoms with Gasteiger partial charge in [-0.05, 0) is 13.3 Å². The Morgan fingerprint density at radius 3 is 2.48 bits per heavy atom. The van der Waals surface area contributed by atoms with Crippen molar-refractivity contribution in [1.29, 1.82) is 0 Å². The lowest BCUT2D eigenvalue weighted by Gasteiger charge is -2.39. The van der Waals surface area contributed by atoms with Crippen molar-refractivity contribution in [3.63, 3.8) is 0 Å². The highest BCUT2D eigenvalue weighted by Gasteiger charge is 2.47. The van der Waals surface area contributed by atoms with Crippen molar-refractivity contribution in [3.8, 4) is 0 Å². The number of halogens is 3. The van der Waals surface area contributed by atoms with Crippen LogP contribution in [0.15, 0.2) is 5.38 Å². The predicted octanol–water partition coefficient (Wildman–Crippen LogP) is 1.57. The number of alkyl halides is 3. The number of sulfonamides is 1. The zero-order valence-corrected chi connectivity index (χ0v) is 17.9. The third kappa shape index (κ3) is 6.35. The first kappa shape index (κ1) is 24.0. The van der Waals surface area contributed by atoms with Crippen LogP contribution in [0.3, 0.4) is 0 Å². The van der Waals surface area contributed by atoms with Gasteiger partial charge in [-0.15, -0.1) is 11.3 Å². The molecule has 3 rings (SSSR count). The van der Waals surface area contributed by atoms with Gasteiger partial charge in [0.25, 0.3) is 0 Å². The normalized spacial score (nSPS) is 25.9. The van der Waals surface area contributed by atoms with Gasteiger partial charge in [0.2, 0.25) is 10.0 Å². The first-order chi connectivity index (χ1) is 13.3. The molecule has 3 atom stereocenters. The van der Waals surface area contributed by atoms with Crippen LogP contribution in [-0.2, 0) is 26.1 Å². The van der Waals surface area contributed by atoms with Gasteiger partial charge in [0.15, 0.2) is 0 Å². The van der Waals surface area contributed by atoms with Crippen LogP contribution in [0.4, 0.5) is 13.2 Å². The van der Waals surface area contributed by atoms with Crippen LogP contribution in [0.25, 0.3) is 0 Å². The number of likely N-dealkylation sites (tertiary alicyclic amines) is 1. The average Bonchev–Trinajstić information content (AvgIpc) is 3.18. The van der Waals surface area contributed by atoms with Crippen LogP contribution < -0.4 is 0 Å². The molecule has 2 aliphatic rings. The molecular weight excluding hydrogens is 435 g/mol. The number of aromatic nitrogens is 1. The summed E-state index contributed by atoms with van der Waals surface area (Å²) in [6.07, 6.45) is -2.86. The number of carboxylic acid groups (broad SMARTS) is 1. The van der Waals surface area contributed by atoms with E-state index in [2.05, 4.69) is 15.3 Å². The van der Waals surface area contributed by atoms with Crippen LogP contribution in [0.5, 0.6) is 0 Å². The maximum Gasteiger partial charge on any atom is 0.490 e. The van der Waals surface area contributed by atoms with Crippen molar-refractivity contribution in [2.24, 2.45) is 5.92 Å². The fourth-order valence-corrected chi connectivity index (χ4v) is 5.50. The van der Waals surface area contributed by atoms with Gasteiger partial charge < -0.3 is 9.84 Å². The maximum absolute atomic E-state index is 12.0. The summed E-state index contributed by atoms with van der Waals surface area (Å²) in [4.78, 5) is 15.7. The molecular formula is C16H24F3N3O5S2. The minimum absolute atomic E-state index is 0.0217. The molecule has 29 heavy (non-hydrogen) atoms. The molecule has 0 amide bonds. The fraction of sp³-hybridized carbons (Fsp3) is 0.750. The Morgan fingerprint density at radius 2 is 2.03 bits per heavy atom. The molecule has 0 bridgehead atoms. The van der Waals surface area contributed by atoms with Gasteiger partial charge in [-0.3, -0.25) is 4.90 Å². The molecule has 1 aromatic heterocycles. The van der Waals surface area contributed by atoms with Gasteiger partial charge in [0.05, 0.1) is 23.1 Å². The van der Waals surface area contributed by atoms with Gasteiger partial charge in [-0.1, -0.05) is 0 Å². The van der Waals surface area contributed by atoms with E-state index < -0.39 is 22.2 Å². The van der Waals surface area contributed by atoms with E-state index >= 15 is 0 Å². The van der Waals surface area contributed by atoms with Crippen LogP contribution >= 0.6 is 11.3 Å². The van der Waals surface area contributed by atoms with E-state index in [0.29, 0.717) is 6.54 Å². The second kappa shape index (κ2) is 9.25. The van der Waals surface area contributed by atoms with E-state index in [1.807, 2.05) is 6.92 Å². The monoisotopic (exact) mass is 459 g/mol. The van der Waals surface area contributed by atoms with E-state index in [1.165, 1.54) is 6.26 Å². The van der Waals surface area contributed by atoms with Crippen LogP contribution in [0.2, 0.25) is 0 Å². The Morgan fingerprint density at radius 1 is 1.41 bits per heavy atom. The van der Waals surface area contributed by atoms with E-state index in [-0.39, 0.29) is 18.1 Å². The van der Waals surface area contributed by atoms with Crippen molar-refractivity contribution in [3.05, 3.63) is 16.1 Å². The zero-order valence-electron chi connectivity index (χ0n) is 16.2. The highest BCUT2D eigenvalue weighted by atomic mass is 32.2. The highest BCUT2D eigenvalue weighted by Crippen LogP contribution is 2.34. The Hall–Kier alpha value is -1.28. The molecule has 1 aromatic rings. The van der Waals surface area contributed by atoms with Gasteiger partial charge in [-0.2, -0.15) is 17.5 Å². The van der Waals surface area contributed by atoms with Gasteiger partial charge >= 0.3 is 12.1 Å². The predicted molar refractivity (Wildman–Crippen MR) is 100 cm³/mol. The lowest BCUT2D eigenvalue weighted by Crippen LogP contribution is -2.53. The third-order valence-electron chi connectivity index (χ3n) is 4.91. The number of thiazole rings is 1. The molecule has 0 unspecified atom stereocenters. The SMILES string of the molecule is CO[C@H]1CCN(S(C)(=O)=O)[C@@H]2CN(Cc3csc(C)n3)C[C@H]12.O=C(O)C(F)(F)F. The molecule has 0 spiro atoms. The second-order valence-electron chi connectivity index (χ2n) is 7.02. The molecule has 166 valence electrons. The quantitative estimate of drug-likeness (QED) is 0.730. The topological polar surface area (TPSA) is 100 Å². The summed E-state index contributed by atoms with van der Waals surface area (Å²) in [5, 5.41) is 10.3. The summed E-state index contributed by atoms with van der Waals surface area (Å²) in [6, 6.07) is 0.0217. The number of piperidine rings is 1. The van der Waals surface area contributed by atoms with Crippen molar-refractivity contribution < 1.29 is 36.2 Å². The first-order valence-electron chi connectivity index (χ1n) is 8.76. The lowest BCUT2D eigenvalue weighted by molar-refractivity contribution is -0.192. The van der Waals surface area contributed by atoms with E-state index in [0.717, 1.165) is 36.8 Å². The molecule has 8 nitrogen and oxygen atoms in total. The summed E-state index contributed by atoms with van der Waals surface area (Å²) < 4.78 is 63.1. The highest BCUT2D eigenvalue weighted by molar-refractivity contribution is 7.88. The summed E-state index contributed by atoms with van der Waals surface area (Å²) >= 11 is 1.65. The van der Waals surface area contributed by atoms with E-state index in [4.69, 9.17) is 14.6 Å². The lowest BCUT2D eigenvalue weighted by atomic mass is 9.91. The summed E-state index contributed by atoms with van der Waals surface area (Å²) in [7, 11) is -1.44. The van der Waals surface area contributed by atoms with E-state index in [1.54, 1.807) is 22.8 Å². The molecule has 2 aliphatic heterocycles. The largest absolute Gasteiger partial charge is 0.490 e. The number of hydrogen-bond acceptors (Lipinski definition) is 7. The number of hydrogen-bond donors (Lipinski definition) is 1. The first-order valence-corrected chi connectivity index (χ1v) is 11.5. The number of carbonyl (C=O) groups is 1. The van der Waals surface area contributed by atoms with Crippen LogP contribution in [0.1, 0.15) is 17.1 Å². The molecule has 0 saturated carbocycles. The van der Waals surface area contributed by atoms with Gasteiger partial charge in [-0.25, -0.2) is 18.2 Å². The van der Waals surface area contributed by atoms with E-state index in [9.17, 15) is 21.6 Å². The average molecular weight is 460 g/mol. The summed E-state index contributed by atoms with van der Waals surface area (Å²) in [5.41, 5.74) is 1.07. The number of fused-ring (bicyclic) bond motifs is 1. The van der Waals surface area contributed by atoms with Crippen LogP contribution in [0, 0.1) is 12.8 Å². The smallest absolute Gasteiger partial charge is 0.475 e. The molecule has 2 fully saturated rings. The number of aliphatic carboxylic acids is 1. The van der Waals surface area contributed by atoms with Crippen LogP contribution in [-0.4, -0.2) is 85.0 Å². The summed E-state index contributed by atoms with van der Waals surface area (Å²) in [6.45, 7) is 4.97. The molecule has 0 radical (unpaired) electrons. The Balaban J connectivity index is 0.000000370. The van der Waals surface area contributed by atoms with Crippen molar-refractivity contribution in [2.45, 2.75) is 38.2 Å². The maximum atomic E-state index is 12.0. The second-order valence-corrected chi connectivity index (χ2v) is 10.0. The van der Waals surface area contributed by atoms with Gasteiger partial charge in [0, 0.05) is 50.6 Å². The Bertz CT molecular complexity index is 815. The molecule has 13 heteroatoms. The minimum Gasteiger partial charge on any atom is -0.475 e. The standard InChI is InChI=1S/C14H23N3O3S2.C2HF3O2/c1-10-15-11(9-21-10)6-16-7-12-13(8-16)17(22(3,18)19)5-4-14(12)20-2;3-2(4,5)1(6)7/h9,12-14H,4-8H2,1-3H3;(H,6,7)/t12-,13+,14-;/m0./s1. The number of aryl methyl sites for hydroxylation is 1. The third-order valence-corrected chi connectivity index (χ3v) is 7.04. The van der Waals surface area contributed by atoms with Crippen molar-refractivity contribution in [2.75, 3.05) is 33.0 Å². The molecule has 3 heterocycles. The molecule has 0 aliphatic carbocycles. The number of nitrogens with zero attached hydrogens (tertiary/aromatic N) is 3. The molecule has 2 saturated heterocycles. The number of methoxy groups -OCH3 is 1. The zero-order chi connectivity index (χ0) is 22.0. The van der Waals surface area contributed by atoms with Crippen molar-refractivity contribution in [1.82, 2.24) is 14.2 Å².